The van der Waals surface area contributed by atoms with Crippen molar-refractivity contribution in [2.24, 2.45) is 4.99 Å². The van der Waals surface area contributed by atoms with Crippen LogP contribution in [0.1, 0.15) is 40.8 Å². The van der Waals surface area contributed by atoms with Crippen molar-refractivity contribution < 1.29 is 0 Å². The molecule has 0 aliphatic carbocycles. The van der Waals surface area contributed by atoms with E-state index in [4.69, 9.17) is 0 Å². The molecule has 0 bridgehead atoms. The fourth-order valence-electron chi connectivity index (χ4n) is 2.32. The number of halogens is 1. The monoisotopic (exact) mass is 458 g/mol. The standard InChI is InChI=1S/C18H26N4S.HI/c1-5-16-11-20-17(23-16)12-22-18(19-4)21-10-14(3)15-8-6-7-13(2)9-15;/h6-9,11,14H,5,10,12H2,1-4H3,(H2,19,21,22);1H. The van der Waals surface area contributed by atoms with Crippen LogP contribution in [0.5, 0.6) is 0 Å². The van der Waals surface area contributed by atoms with Gasteiger partial charge >= 0.3 is 0 Å². The SMILES string of the molecule is CCc1cnc(CNC(=NC)NCC(C)c2cccc(C)c2)s1.I. The van der Waals surface area contributed by atoms with Crippen LogP contribution in [-0.4, -0.2) is 24.5 Å². The Morgan fingerprint density at radius 2 is 2.12 bits per heavy atom. The van der Waals surface area contributed by atoms with Crippen molar-refractivity contribution in [3.8, 4) is 0 Å². The van der Waals surface area contributed by atoms with Gasteiger partial charge in [0.1, 0.15) is 5.01 Å². The van der Waals surface area contributed by atoms with Gasteiger partial charge in [-0.15, -0.1) is 35.3 Å². The lowest BCUT2D eigenvalue weighted by atomic mass is 9.99. The number of rotatable bonds is 6. The summed E-state index contributed by atoms with van der Waals surface area (Å²) < 4.78 is 0. The smallest absolute Gasteiger partial charge is 0.191 e. The fourth-order valence-corrected chi connectivity index (χ4v) is 3.12. The van der Waals surface area contributed by atoms with Crippen LogP contribution in [0.4, 0.5) is 0 Å². The summed E-state index contributed by atoms with van der Waals surface area (Å²) in [6, 6.07) is 8.66. The van der Waals surface area contributed by atoms with Crippen LogP contribution in [0.2, 0.25) is 0 Å². The maximum absolute atomic E-state index is 4.42. The van der Waals surface area contributed by atoms with E-state index < -0.39 is 0 Å². The molecule has 6 heteroatoms. The first kappa shape index (κ1) is 20.9. The van der Waals surface area contributed by atoms with Crippen LogP contribution < -0.4 is 10.6 Å². The van der Waals surface area contributed by atoms with Gasteiger partial charge in [0.2, 0.25) is 0 Å². The second-order valence-corrected chi connectivity index (χ2v) is 6.90. The van der Waals surface area contributed by atoms with Gasteiger partial charge in [-0.1, -0.05) is 43.7 Å². The Hall–Kier alpha value is -1.15. The van der Waals surface area contributed by atoms with Gasteiger partial charge in [0.15, 0.2) is 5.96 Å². The lowest BCUT2D eigenvalue weighted by Gasteiger charge is -2.16. The molecule has 1 aromatic heterocycles. The Kier molecular flexibility index (Phi) is 9.28. The zero-order valence-corrected chi connectivity index (χ0v) is 17.9. The number of thiazole rings is 1. The summed E-state index contributed by atoms with van der Waals surface area (Å²) in [5, 5.41) is 7.82. The first-order chi connectivity index (χ1) is 11.1. The van der Waals surface area contributed by atoms with E-state index in [0.29, 0.717) is 12.5 Å². The van der Waals surface area contributed by atoms with E-state index in [9.17, 15) is 0 Å². The number of nitrogens with zero attached hydrogens (tertiary/aromatic N) is 2. The molecular formula is C18H27IN4S. The molecule has 2 rings (SSSR count). The molecule has 0 saturated heterocycles. The van der Waals surface area contributed by atoms with Crippen molar-refractivity contribution >= 4 is 41.3 Å². The molecular weight excluding hydrogens is 431 g/mol. The summed E-state index contributed by atoms with van der Waals surface area (Å²) >= 11 is 1.75. The highest BCUT2D eigenvalue weighted by Crippen LogP contribution is 2.15. The number of hydrogen-bond donors (Lipinski definition) is 2. The topological polar surface area (TPSA) is 49.3 Å². The van der Waals surface area contributed by atoms with Crippen LogP contribution in [0.15, 0.2) is 35.5 Å². The summed E-state index contributed by atoms with van der Waals surface area (Å²) in [6.45, 7) is 8.06. The van der Waals surface area contributed by atoms with Gasteiger partial charge in [-0.05, 0) is 24.8 Å². The van der Waals surface area contributed by atoms with Crippen LogP contribution in [-0.2, 0) is 13.0 Å². The molecule has 0 spiro atoms. The minimum atomic E-state index is 0. The summed E-state index contributed by atoms with van der Waals surface area (Å²) in [5.74, 6) is 1.25. The van der Waals surface area contributed by atoms with E-state index in [-0.39, 0.29) is 24.0 Å². The number of aryl methyl sites for hydroxylation is 2. The van der Waals surface area contributed by atoms with Crippen LogP contribution in [0, 0.1) is 6.92 Å². The largest absolute Gasteiger partial charge is 0.356 e. The molecule has 0 aliphatic rings. The van der Waals surface area contributed by atoms with Gasteiger partial charge in [-0.25, -0.2) is 4.98 Å². The first-order valence-electron chi connectivity index (χ1n) is 8.07. The van der Waals surface area contributed by atoms with Gasteiger partial charge in [-0.2, -0.15) is 0 Å². The first-order valence-corrected chi connectivity index (χ1v) is 8.88. The molecule has 1 unspecified atom stereocenters. The average Bonchev–Trinajstić information content (AvgIpc) is 3.03. The minimum absolute atomic E-state index is 0. The third-order valence-electron chi connectivity index (χ3n) is 3.77. The number of guanidine groups is 1. The summed E-state index contributed by atoms with van der Waals surface area (Å²) in [5.41, 5.74) is 2.65. The van der Waals surface area contributed by atoms with E-state index in [0.717, 1.165) is 23.9 Å². The van der Waals surface area contributed by atoms with E-state index in [2.05, 4.69) is 65.6 Å². The van der Waals surface area contributed by atoms with E-state index in [1.54, 1.807) is 18.4 Å². The lowest BCUT2D eigenvalue weighted by Crippen LogP contribution is -2.38. The highest BCUT2D eigenvalue weighted by Gasteiger charge is 2.07. The molecule has 1 atom stereocenters. The van der Waals surface area contributed by atoms with E-state index >= 15 is 0 Å². The van der Waals surface area contributed by atoms with Crippen molar-refractivity contribution in [2.75, 3.05) is 13.6 Å². The maximum Gasteiger partial charge on any atom is 0.191 e. The molecule has 1 heterocycles. The Labute approximate surface area is 166 Å². The molecule has 24 heavy (non-hydrogen) atoms. The summed E-state index contributed by atoms with van der Waals surface area (Å²) in [6.07, 6.45) is 3.00. The quantitative estimate of drug-likeness (QED) is 0.389. The normalized spacial score (nSPS) is 12.4. The maximum atomic E-state index is 4.42. The molecule has 0 saturated carbocycles. The second kappa shape index (κ2) is 10.7. The number of hydrogen-bond acceptors (Lipinski definition) is 3. The molecule has 0 aliphatic heterocycles. The van der Waals surface area contributed by atoms with Crippen LogP contribution in [0.3, 0.4) is 0 Å². The van der Waals surface area contributed by atoms with Gasteiger partial charge in [0.05, 0.1) is 6.54 Å². The molecule has 132 valence electrons. The van der Waals surface area contributed by atoms with Crippen molar-refractivity contribution in [3.63, 3.8) is 0 Å². The molecule has 0 amide bonds. The Balaban J connectivity index is 0.00000288. The zero-order chi connectivity index (χ0) is 16.7. The second-order valence-electron chi connectivity index (χ2n) is 5.70. The van der Waals surface area contributed by atoms with Crippen LogP contribution in [0.25, 0.3) is 0 Å². The molecule has 2 aromatic rings. The van der Waals surface area contributed by atoms with E-state index in [1.165, 1.54) is 16.0 Å². The van der Waals surface area contributed by atoms with Crippen molar-refractivity contribution in [1.29, 1.82) is 0 Å². The third kappa shape index (κ3) is 6.39. The van der Waals surface area contributed by atoms with Crippen molar-refractivity contribution in [2.45, 2.75) is 39.7 Å². The Morgan fingerprint density at radius 3 is 2.75 bits per heavy atom. The summed E-state index contributed by atoms with van der Waals surface area (Å²) in [4.78, 5) is 10.0. The molecule has 4 nitrogen and oxygen atoms in total. The lowest BCUT2D eigenvalue weighted by molar-refractivity contribution is 0.698. The Bertz CT molecular complexity index is 654. The molecule has 2 N–H and O–H groups in total. The Morgan fingerprint density at radius 1 is 1.33 bits per heavy atom. The fraction of sp³-hybridized carbons (Fsp3) is 0.444. The predicted octanol–water partition coefficient (Wildman–Crippen LogP) is 4.10. The number of nitrogens with one attached hydrogen (secondary N) is 2. The summed E-state index contributed by atoms with van der Waals surface area (Å²) in [7, 11) is 1.80. The van der Waals surface area contributed by atoms with Gasteiger partial charge < -0.3 is 10.6 Å². The highest BCUT2D eigenvalue weighted by molar-refractivity contribution is 14.0. The van der Waals surface area contributed by atoms with Gasteiger partial charge in [0, 0.05) is 24.7 Å². The minimum Gasteiger partial charge on any atom is -0.356 e. The molecule has 0 radical (unpaired) electrons. The van der Waals surface area contributed by atoms with Gasteiger partial charge in [0.25, 0.3) is 0 Å². The zero-order valence-electron chi connectivity index (χ0n) is 14.8. The predicted molar refractivity (Wildman–Crippen MR) is 115 cm³/mol. The van der Waals surface area contributed by atoms with E-state index in [1.807, 2.05) is 6.20 Å². The van der Waals surface area contributed by atoms with Crippen LogP contribution >= 0.6 is 35.3 Å². The average molecular weight is 458 g/mol. The highest BCUT2D eigenvalue weighted by atomic mass is 127. The number of benzene rings is 1. The molecule has 0 fully saturated rings. The van der Waals surface area contributed by atoms with Gasteiger partial charge in [-0.3, -0.25) is 4.99 Å². The third-order valence-corrected chi connectivity index (χ3v) is 4.91. The molecule has 1 aromatic carbocycles. The van der Waals surface area contributed by atoms with Crippen molar-refractivity contribution in [1.82, 2.24) is 15.6 Å². The van der Waals surface area contributed by atoms with Crippen molar-refractivity contribution in [3.05, 3.63) is 51.5 Å². The number of aliphatic imine (C=N–C) groups is 1. The number of aromatic nitrogens is 1.